The van der Waals surface area contributed by atoms with Crippen molar-refractivity contribution < 1.29 is 14.3 Å². The highest BCUT2D eigenvalue weighted by Crippen LogP contribution is 2.35. The van der Waals surface area contributed by atoms with Gasteiger partial charge in [-0.1, -0.05) is 24.3 Å². The summed E-state index contributed by atoms with van der Waals surface area (Å²) < 4.78 is 5.45. The average Bonchev–Trinajstić information content (AvgIpc) is 2.75. The first-order valence-electron chi connectivity index (χ1n) is 9.35. The van der Waals surface area contributed by atoms with Crippen LogP contribution in [0.3, 0.4) is 0 Å². The summed E-state index contributed by atoms with van der Waals surface area (Å²) in [7, 11) is 1.67. The van der Waals surface area contributed by atoms with Crippen LogP contribution in [0.1, 0.15) is 0 Å². The number of ether oxygens (including phenoxy) is 1. The second kappa shape index (κ2) is 8.14. The monoisotopic (exact) mass is 397 g/mol. The highest BCUT2D eigenvalue weighted by atomic mass is 32.2. The first-order valence-corrected chi connectivity index (χ1v) is 10.3. The number of rotatable bonds is 4. The van der Waals surface area contributed by atoms with Crippen LogP contribution in [0.4, 0.5) is 11.4 Å². The van der Waals surface area contributed by atoms with E-state index in [2.05, 4.69) is 4.90 Å². The second-order valence-corrected chi connectivity index (χ2v) is 7.79. The van der Waals surface area contributed by atoms with Crippen molar-refractivity contribution in [2.75, 3.05) is 55.4 Å². The molecule has 0 unspecified atom stereocenters. The Morgan fingerprint density at radius 3 is 2.43 bits per heavy atom. The molecular weight excluding hydrogens is 374 g/mol. The fourth-order valence-electron chi connectivity index (χ4n) is 3.65. The van der Waals surface area contributed by atoms with Gasteiger partial charge in [-0.05, 0) is 24.3 Å². The summed E-state index contributed by atoms with van der Waals surface area (Å²) in [5, 5.41) is 0. The van der Waals surface area contributed by atoms with Crippen molar-refractivity contribution in [2.45, 2.75) is 4.90 Å². The number of para-hydroxylation sites is 3. The van der Waals surface area contributed by atoms with E-state index in [1.54, 1.807) is 12.0 Å². The van der Waals surface area contributed by atoms with Crippen molar-refractivity contribution in [1.82, 2.24) is 4.90 Å². The van der Waals surface area contributed by atoms with E-state index in [0.717, 1.165) is 35.1 Å². The van der Waals surface area contributed by atoms with Crippen LogP contribution >= 0.6 is 11.8 Å². The molecule has 1 fully saturated rings. The fraction of sp³-hybridized carbons (Fsp3) is 0.333. The van der Waals surface area contributed by atoms with Gasteiger partial charge in [0.2, 0.25) is 11.8 Å². The molecule has 0 saturated carbocycles. The molecule has 2 aromatic carbocycles. The van der Waals surface area contributed by atoms with E-state index in [1.807, 2.05) is 53.4 Å². The molecule has 2 aliphatic rings. The zero-order valence-electron chi connectivity index (χ0n) is 15.8. The number of piperazine rings is 1. The Bertz CT molecular complexity index is 881. The summed E-state index contributed by atoms with van der Waals surface area (Å²) in [6.07, 6.45) is 0. The van der Waals surface area contributed by atoms with Crippen molar-refractivity contribution in [3.05, 3.63) is 48.5 Å². The molecule has 2 aliphatic heterocycles. The number of fused-ring (bicyclic) bond motifs is 1. The number of methoxy groups -OCH3 is 1. The third kappa shape index (κ3) is 3.67. The molecule has 0 radical (unpaired) electrons. The van der Waals surface area contributed by atoms with Crippen LogP contribution in [-0.2, 0) is 9.59 Å². The molecule has 2 aromatic rings. The summed E-state index contributed by atoms with van der Waals surface area (Å²) in [4.78, 5) is 32.0. The van der Waals surface area contributed by atoms with E-state index in [1.165, 1.54) is 11.8 Å². The lowest BCUT2D eigenvalue weighted by atomic mass is 10.2. The van der Waals surface area contributed by atoms with Crippen LogP contribution in [0.2, 0.25) is 0 Å². The maximum Gasteiger partial charge on any atom is 0.242 e. The van der Waals surface area contributed by atoms with E-state index in [0.29, 0.717) is 18.8 Å². The Morgan fingerprint density at radius 2 is 1.68 bits per heavy atom. The molecule has 7 heteroatoms. The van der Waals surface area contributed by atoms with Gasteiger partial charge in [0.15, 0.2) is 0 Å². The molecule has 6 nitrogen and oxygen atoms in total. The first-order chi connectivity index (χ1) is 13.7. The summed E-state index contributed by atoms with van der Waals surface area (Å²) in [5.41, 5.74) is 1.89. The van der Waals surface area contributed by atoms with E-state index >= 15 is 0 Å². The maximum absolute atomic E-state index is 12.9. The number of thioether (sulfide) groups is 1. The topological polar surface area (TPSA) is 53.1 Å². The Labute approximate surface area is 169 Å². The van der Waals surface area contributed by atoms with Gasteiger partial charge in [-0.3, -0.25) is 9.59 Å². The maximum atomic E-state index is 12.9. The predicted octanol–water partition coefficient (Wildman–Crippen LogP) is 2.48. The number of carbonyl (C=O) groups is 2. The Kier molecular flexibility index (Phi) is 5.43. The molecule has 0 N–H and O–H groups in total. The lowest BCUT2D eigenvalue weighted by Crippen LogP contribution is -2.52. The molecule has 0 atom stereocenters. The molecule has 4 rings (SSSR count). The van der Waals surface area contributed by atoms with Crippen LogP contribution in [0, 0.1) is 0 Å². The number of amides is 2. The van der Waals surface area contributed by atoms with Gasteiger partial charge in [0.25, 0.3) is 0 Å². The van der Waals surface area contributed by atoms with E-state index in [9.17, 15) is 9.59 Å². The van der Waals surface area contributed by atoms with Gasteiger partial charge in [0, 0.05) is 31.1 Å². The zero-order chi connectivity index (χ0) is 19.5. The molecule has 1 saturated heterocycles. The summed E-state index contributed by atoms with van der Waals surface area (Å²) in [6, 6.07) is 15.7. The molecule has 146 valence electrons. The van der Waals surface area contributed by atoms with Crippen LogP contribution in [-0.4, -0.2) is 62.3 Å². The third-order valence-corrected chi connectivity index (χ3v) is 6.21. The molecule has 0 aromatic heterocycles. The highest BCUT2D eigenvalue weighted by molar-refractivity contribution is 8.00. The lowest BCUT2D eigenvalue weighted by Gasteiger charge is -2.38. The van der Waals surface area contributed by atoms with Crippen molar-refractivity contribution in [1.29, 1.82) is 0 Å². The Morgan fingerprint density at radius 1 is 1.00 bits per heavy atom. The van der Waals surface area contributed by atoms with Crippen LogP contribution in [0.15, 0.2) is 53.4 Å². The number of benzene rings is 2. The SMILES string of the molecule is COc1ccccc1N1CCN(C(=O)CN2C(=O)CSc3ccccc32)CC1. The van der Waals surface area contributed by atoms with Crippen LogP contribution in [0.25, 0.3) is 0 Å². The van der Waals surface area contributed by atoms with E-state index in [-0.39, 0.29) is 18.4 Å². The lowest BCUT2D eigenvalue weighted by molar-refractivity contribution is -0.131. The average molecular weight is 398 g/mol. The second-order valence-electron chi connectivity index (χ2n) is 6.78. The quantitative estimate of drug-likeness (QED) is 0.793. The summed E-state index contributed by atoms with van der Waals surface area (Å²) >= 11 is 1.53. The molecule has 0 spiro atoms. The van der Waals surface area contributed by atoms with Gasteiger partial charge < -0.3 is 19.4 Å². The Hall–Kier alpha value is -2.67. The van der Waals surface area contributed by atoms with Crippen molar-refractivity contribution in [2.24, 2.45) is 0 Å². The molecule has 0 aliphatic carbocycles. The number of anilines is 2. The number of hydrogen-bond acceptors (Lipinski definition) is 5. The van der Waals surface area contributed by atoms with Crippen molar-refractivity contribution >= 4 is 35.0 Å². The summed E-state index contributed by atoms with van der Waals surface area (Å²) in [5.74, 6) is 1.21. The van der Waals surface area contributed by atoms with E-state index in [4.69, 9.17) is 4.74 Å². The standard InChI is InChI=1S/C21H23N3O3S/c1-27-18-8-4-2-6-16(18)22-10-12-23(13-11-22)20(25)14-24-17-7-3-5-9-19(17)28-15-21(24)26/h2-9H,10-15H2,1H3. The third-order valence-electron chi connectivity index (χ3n) is 5.16. The number of carbonyl (C=O) groups excluding carboxylic acids is 2. The molecule has 0 bridgehead atoms. The number of hydrogen-bond donors (Lipinski definition) is 0. The van der Waals surface area contributed by atoms with E-state index < -0.39 is 0 Å². The number of nitrogens with zero attached hydrogens (tertiary/aromatic N) is 3. The van der Waals surface area contributed by atoms with Crippen LogP contribution in [0.5, 0.6) is 5.75 Å². The largest absolute Gasteiger partial charge is 0.495 e. The first kappa shape index (κ1) is 18.7. The summed E-state index contributed by atoms with van der Waals surface area (Å²) in [6.45, 7) is 2.86. The normalized spacial score (nSPS) is 16.8. The van der Waals surface area contributed by atoms with Gasteiger partial charge in [0.1, 0.15) is 12.3 Å². The molecular formula is C21H23N3O3S. The minimum absolute atomic E-state index is 0.00488. The molecule has 28 heavy (non-hydrogen) atoms. The van der Waals surface area contributed by atoms with Crippen molar-refractivity contribution in [3.8, 4) is 5.75 Å². The van der Waals surface area contributed by atoms with Gasteiger partial charge in [-0.15, -0.1) is 11.8 Å². The minimum Gasteiger partial charge on any atom is -0.495 e. The van der Waals surface area contributed by atoms with Crippen LogP contribution < -0.4 is 14.5 Å². The molecule has 2 heterocycles. The predicted molar refractivity (Wildman–Crippen MR) is 111 cm³/mol. The fourth-order valence-corrected chi connectivity index (χ4v) is 4.59. The zero-order valence-corrected chi connectivity index (χ0v) is 16.7. The Balaban J connectivity index is 1.40. The van der Waals surface area contributed by atoms with Gasteiger partial charge in [-0.25, -0.2) is 0 Å². The highest BCUT2D eigenvalue weighted by Gasteiger charge is 2.29. The van der Waals surface area contributed by atoms with Gasteiger partial charge in [0.05, 0.1) is 24.2 Å². The van der Waals surface area contributed by atoms with Gasteiger partial charge in [-0.2, -0.15) is 0 Å². The minimum atomic E-state index is -0.00953. The van der Waals surface area contributed by atoms with Gasteiger partial charge >= 0.3 is 0 Å². The smallest absolute Gasteiger partial charge is 0.242 e. The van der Waals surface area contributed by atoms with Crippen molar-refractivity contribution in [3.63, 3.8) is 0 Å². The molecule has 2 amide bonds.